The van der Waals surface area contributed by atoms with Gasteiger partial charge in [-0.2, -0.15) is 0 Å². The van der Waals surface area contributed by atoms with Crippen molar-refractivity contribution in [1.82, 2.24) is 19.7 Å². The molecule has 0 bridgehead atoms. The molecule has 2 saturated carbocycles. The monoisotopic (exact) mass is 316 g/mol. The van der Waals surface area contributed by atoms with E-state index in [1.807, 2.05) is 6.33 Å². The molecule has 1 amide bonds. The summed E-state index contributed by atoms with van der Waals surface area (Å²) in [6.45, 7) is 1.80. The molecule has 0 spiro atoms. The first-order valence-electron chi connectivity index (χ1n) is 9.48. The van der Waals surface area contributed by atoms with Gasteiger partial charge in [0.05, 0.1) is 0 Å². The molecule has 23 heavy (non-hydrogen) atoms. The zero-order valence-electron chi connectivity index (χ0n) is 14.0. The van der Waals surface area contributed by atoms with Gasteiger partial charge < -0.3 is 9.47 Å². The average molecular weight is 316 g/mol. The molecular weight excluding hydrogens is 288 g/mol. The van der Waals surface area contributed by atoms with Gasteiger partial charge in [0.1, 0.15) is 12.2 Å². The van der Waals surface area contributed by atoms with Gasteiger partial charge in [-0.1, -0.05) is 19.3 Å². The van der Waals surface area contributed by atoms with E-state index in [4.69, 9.17) is 0 Å². The van der Waals surface area contributed by atoms with E-state index >= 15 is 0 Å². The number of carbonyl (C=O) groups excluding carboxylic acids is 1. The Labute approximate surface area is 138 Å². The standard InChI is InChI=1S/C18H28N4O/c23-17(12-14-4-2-1-3-5-14)21-10-8-16(9-11-21)22-13-19-20-18(22)15-6-7-15/h13-16H,1-12H2. The number of aromatic nitrogens is 3. The van der Waals surface area contributed by atoms with Crippen LogP contribution < -0.4 is 0 Å². The van der Waals surface area contributed by atoms with E-state index in [1.54, 1.807) is 0 Å². The first kappa shape index (κ1) is 15.2. The van der Waals surface area contributed by atoms with Gasteiger partial charge in [-0.15, -0.1) is 10.2 Å². The quantitative estimate of drug-likeness (QED) is 0.856. The lowest BCUT2D eigenvalue weighted by Gasteiger charge is -2.34. The van der Waals surface area contributed by atoms with Gasteiger partial charge in [-0.25, -0.2) is 0 Å². The fourth-order valence-corrected chi connectivity index (χ4v) is 4.33. The molecular formula is C18H28N4O. The van der Waals surface area contributed by atoms with Gasteiger partial charge in [-0.3, -0.25) is 4.79 Å². The van der Waals surface area contributed by atoms with E-state index in [2.05, 4.69) is 19.7 Å². The Morgan fingerprint density at radius 2 is 1.78 bits per heavy atom. The molecule has 4 rings (SSSR count). The maximum Gasteiger partial charge on any atom is 0.222 e. The smallest absolute Gasteiger partial charge is 0.222 e. The van der Waals surface area contributed by atoms with Crippen LogP contribution in [0.3, 0.4) is 0 Å². The molecule has 126 valence electrons. The van der Waals surface area contributed by atoms with E-state index in [0.717, 1.165) is 32.4 Å². The van der Waals surface area contributed by atoms with Crippen LogP contribution in [-0.2, 0) is 4.79 Å². The van der Waals surface area contributed by atoms with E-state index in [-0.39, 0.29) is 0 Å². The third-order valence-electron chi connectivity index (χ3n) is 5.94. The first-order valence-corrected chi connectivity index (χ1v) is 9.48. The van der Waals surface area contributed by atoms with E-state index in [0.29, 0.717) is 23.8 Å². The zero-order chi connectivity index (χ0) is 15.6. The van der Waals surface area contributed by atoms with Crippen LogP contribution in [0.25, 0.3) is 0 Å². The summed E-state index contributed by atoms with van der Waals surface area (Å²) >= 11 is 0. The molecule has 0 N–H and O–H groups in total. The molecule has 1 aromatic rings. The molecule has 1 aromatic heterocycles. The molecule has 2 aliphatic carbocycles. The van der Waals surface area contributed by atoms with Crippen LogP contribution in [0, 0.1) is 5.92 Å². The Hall–Kier alpha value is -1.39. The van der Waals surface area contributed by atoms with Crippen LogP contribution in [0.5, 0.6) is 0 Å². The van der Waals surface area contributed by atoms with E-state index < -0.39 is 0 Å². The van der Waals surface area contributed by atoms with Gasteiger partial charge in [0.25, 0.3) is 0 Å². The highest BCUT2D eigenvalue weighted by atomic mass is 16.2. The van der Waals surface area contributed by atoms with Crippen molar-refractivity contribution in [3.05, 3.63) is 12.2 Å². The largest absolute Gasteiger partial charge is 0.343 e. The molecule has 5 heteroatoms. The summed E-state index contributed by atoms with van der Waals surface area (Å²) in [5, 5.41) is 8.44. The van der Waals surface area contributed by atoms with Crippen molar-refractivity contribution in [1.29, 1.82) is 0 Å². The zero-order valence-corrected chi connectivity index (χ0v) is 14.0. The minimum Gasteiger partial charge on any atom is -0.343 e. The van der Waals surface area contributed by atoms with Crippen LogP contribution in [0.2, 0.25) is 0 Å². The lowest BCUT2D eigenvalue weighted by Crippen LogP contribution is -2.40. The minimum absolute atomic E-state index is 0.390. The van der Waals surface area contributed by atoms with Crippen molar-refractivity contribution < 1.29 is 4.79 Å². The number of nitrogens with zero attached hydrogens (tertiary/aromatic N) is 4. The highest BCUT2D eigenvalue weighted by Crippen LogP contribution is 2.40. The molecule has 1 aliphatic heterocycles. The molecule has 2 heterocycles. The summed E-state index contributed by atoms with van der Waals surface area (Å²) in [7, 11) is 0. The van der Waals surface area contributed by atoms with Crippen LogP contribution in [0.4, 0.5) is 0 Å². The summed E-state index contributed by atoms with van der Waals surface area (Å²) in [5.74, 6) is 2.86. The number of piperidine rings is 1. The van der Waals surface area contributed by atoms with Crippen LogP contribution in [0.1, 0.15) is 82.0 Å². The summed E-state index contributed by atoms with van der Waals surface area (Å²) in [4.78, 5) is 14.6. The molecule has 0 unspecified atom stereocenters. The molecule has 1 saturated heterocycles. The normalized spacial score (nSPS) is 24.1. The Bertz CT molecular complexity index is 537. The SMILES string of the molecule is O=C(CC1CCCCC1)N1CCC(n2cnnc2C2CC2)CC1. The number of likely N-dealkylation sites (tertiary alicyclic amines) is 1. The van der Waals surface area contributed by atoms with Gasteiger partial charge in [-0.05, 0) is 44.4 Å². The predicted octanol–water partition coefficient (Wildman–Crippen LogP) is 3.29. The second kappa shape index (κ2) is 6.62. The van der Waals surface area contributed by atoms with Crippen molar-refractivity contribution >= 4 is 5.91 Å². The highest BCUT2D eigenvalue weighted by molar-refractivity contribution is 5.76. The van der Waals surface area contributed by atoms with Gasteiger partial charge in [0.2, 0.25) is 5.91 Å². The second-order valence-electron chi connectivity index (χ2n) is 7.69. The number of hydrogen-bond donors (Lipinski definition) is 0. The number of rotatable bonds is 4. The molecule has 0 aromatic carbocycles. The van der Waals surface area contributed by atoms with E-state index in [9.17, 15) is 4.79 Å². The fraction of sp³-hybridized carbons (Fsp3) is 0.833. The van der Waals surface area contributed by atoms with Gasteiger partial charge in [0, 0.05) is 31.5 Å². The Balaban J connectivity index is 1.30. The third-order valence-corrected chi connectivity index (χ3v) is 5.94. The van der Waals surface area contributed by atoms with Gasteiger partial charge in [0.15, 0.2) is 0 Å². The van der Waals surface area contributed by atoms with Crippen LogP contribution in [-0.4, -0.2) is 38.7 Å². The van der Waals surface area contributed by atoms with Crippen molar-refractivity contribution in [2.45, 2.75) is 76.2 Å². The molecule has 3 aliphatic rings. The maximum atomic E-state index is 12.5. The van der Waals surface area contributed by atoms with E-state index in [1.165, 1.54) is 50.8 Å². The summed E-state index contributed by atoms with van der Waals surface area (Å²) < 4.78 is 2.29. The Morgan fingerprint density at radius 1 is 1.04 bits per heavy atom. The van der Waals surface area contributed by atoms with Crippen LogP contribution in [0.15, 0.2) is 6.33 Å². The number of amides is 1. The van der Waals surface area contributed by atoms with Crippen LogP contribution >= 0.6 is 0 Å². The molecule has 0 radical (unpaired) electrons. The molecule has 5 nitrogen and oxygen atoms in total. The Kier molecular flexibility index (Phi) is 4.36. The fourth-order valence-electron chi connectivity index (χ4n) is 4.33. The minimum atomic E-state index is 0.390. The number of hydrogen-bond acceptors (Lipinski definition) is 3. The summed E-state index contributed by atoms with van der Waals surface area (Å²) in [6.07, 6.45) is 13.8. The highest BCUT2D eigenvalue weighted by Gasteiger charge is 2.32. The summed E-state index contributed by atoms with van der Waals surface area (Å²) in [6, 6.07) is 0.485. The van der Waals surface area contributed by atoms with Gasteiger partial charge >= 0.3 is 0 Å². The lowest BCUT2D eigenvalue weighted by molar-refractivity contribution is -0.133. The topological polar surface area (TPSA) is 51.0 Å². The van der Waals surface area contributed by atoms with Crippen molar-refractivity contribution in [3.63, 3.8) is 0 Å². The third kappa shape index (κ3) is 3.43. The predicted molar refractivity (Wildman–Crippen MR) is 88.0 cm³/mol. The van der Waals surface area contributed by atoms with Crippen molar-refractivity contribution in [2.24, 2.45) is 5.92 Å². The van der Waals surface area contributed by atoms with Crippen molar-refractivity contribution in [2.75, 3.05) is 13.1 Å². The Morgan fingerprint density at radius 3 is 2.48 bits per heavy atom. The average Bonchev–Trinajstić information content (AvgIpc) is 3.33. The van der Waals surface area contributed by atoms with Crippen molar-refractivity contribution in [3.8, 4) is 0 Å². The first-order chi connectivity index (χ1) is 11.3. The summed E-state index contributed by atoms with van der Waals surface area (Å²) in [5.41, 5.74) is 0. The lowest BCUT2D eigenvalue weighted by atomic mass is 9.86. The maximum absolute atomic E-state index is 12.5. The molecule has 0 atom stereocenters. The number of carbonyl (C=O) groups is 1. The molecule has 3 fully saturated rings. The second-order valence-corrected chi connectivity index (χ2v) is 7.69.